The first-order valence-corrected chi connectivity index (χ1v) is 6.75. The highest BCUT2D eigenvalue weighted by Gasteiger charge is 2.63. The third-order valence-corrected chi connectivity index (χ3v) is 4.65. The van der Waals surface area contributed by atoms with Gasteiger partial charge in [0.1, 0.15) is 5.41 Å². The van der Waals surface area contributed by atoms with Gasteiger partial charge in [0.2, 0.25) is 11.8 Å². The molecule has 1 aliphatic heterocycles. The number of barbiturate groups is 1. The van der Waals surface area contributed by atoms with Crippen molar-refractivity contribution in [2.45, 2.75) is 51.5 Å². The number of carbonyl (C=O) groups excluding carboxylic acids is 3. The Morgan fingerprint density at radius 1 is 1.17 bits per heavy atom. The van der Waals surface area contributed by atoms with Crippen molar-refractivity contribution in [3.8, 4) is 0 Å². The van der Waals surface area contributed by atoms with E-state index in [9.17, 15) is 14.4 Å². The van der Waals surface area contributed by atoms with Gasteiger partial charge in [0.25, 0.3) is 0 Å². The fraction of sp³-hybridized carbons (Fsp3) is 0.769. The lowest BCUT2D eigenvalue weighted by Crippen LogP contribution is -2.63. The standard InChI is InChI=1S/C13H18N2O3/c1-8-4-2-3-5-9(8)15-11(17)13(6-7-13)10(16)14-12(15)18/h8-9H,2-7H2,1H3,(H,14,16,18). The molecule has 18 heavy (non-hydrogen) atoms. The van der Waals surface area contributed by atoms with Crippen LogP contribution in [0.25, 0.3) is 0 Å². The molecule has 2 saturated carbocycles. The van der Waals surface area contributed by atoms with Gasteiger partial charge >= 0.3 is 6.03 Å². The number of amides is 4. The first kappa shape index (κ1) is 11.7. The molecule has 5 nitrogen and oxygen atoms in total. The average Bonchev–Trinajstić information content (AvgIpc) is 3.11. The molecule has 3 aliphatic rings. The summed E-state index contributed by atoms with van der Waals surface area (Å²) in [4.78, 5) is 37.4. The van der Waals surface area contributed by atoms with Crippen LogP contribution in [0.5, 0.6) is 0 Å². The Bertz CT molecular complexity index is 428. The quantitative estimate of drug-likeness (QED) is 0.716. The van der Waals surface area contributed by atoms with Gasteiger partial charge < -0.3 is 0 Å². The maximum atomic E-state index is 12.4. The van der Waals surface area contributed by atoms with Gasteiger partial charge in [-0.3, -0.25) is 19.8 Å². The first-order valence-electron chi connectivity index (χ1n) is 6.75. The van der Waals surface area contributed by atoms with Gasteiger partial charge in [-0.05, 0) is 31.6 Å². The average molecular weight is 250 g/mol. The Labute approximate surface area is 106 Å². The van der Waals surface area contributed by atoms with Crippen molar-refractivity contribution in [3.05, 3.63) is 0 Å². The summed E-state index contributed by atoms with van der Waals surface area (Å²) in [6, 6.07) is -0.543. The van der Waals surface area contributed by atoms with Gasteiger partial charge in [-0.15, -0.1) is 0 Å². The van der Waals surface area contributed by atoms with Gasteiger partial charge in [0.05, 0.1) is 0 Å². The molecule has 4 amide bonds. The molecule has 1 N–H and O–H groups in total. The molecular weight excluding hydrogens is 232 g/mol. The molecule has 0 aromatic heterocycles. The molecule has 0 bridgehead atoms. The molecule has 0 aromatic carbocycles. The highest BCUT2D eigenvalue weighted by atomic mass is 16.2. The van der Waals surface area contributed by atoms with Gasteiger partial charge in [0.15, 0.2) is 0 Å². The number of imide groups is 2. The SMILES string of the molecule is CC1CCCCC1N1C(=O)NC(=O)C2(CC2)C1=O. The summed E-state index contributed by atoms with van der Waals surface area (Å²) >= 11 is 0. The van der Waals surface area contributed by atoms with E-state index in [4.69, 9.17) is 0 Å². The van der Waals surface area contributed by atoms with Crippen LogP contribution >= 0.6 is 0 Å². The van der Waals surface area contributed by atoms with Crippen LogP contribution < -0.4 is 5.32 Å². The van der Waals surface area contributed by atoms with E-state index in [2.05, 4.69) is 12.2 Å². The zero-order valence-electron chi connectivity index (χ0n) is 10.6. The summed E-state index contributed by atoms with van der Waals surface area (Å²) in [5, 5.41) is 2.36. The number of nitrogens with one attached hydrogen (secondary N) is 1. The molecule has 1 spiro atoms. The van der Waals surface area contributed by atoms with E-state index in [1.54, 1.807) is 0 Å². The molecule has 98 valence electrons. The molecular formula is C13H18N2O3. The van der Waals surface area contributed by atoms with Crippen LogP contribution in [-0.2, 0) is 9.59 Å². The molecule has 2 aliphatic carbocycles. The zero-order valence-corrected chi connectivity index (χ0v) is 10.6. The highest BCUT2D eigenvalue weighted by Crippen LogP contribution is 2.50. The second kappa shape index (κ2) is 3.80. The van der Waals surface area contributed by atoms with Gasteiger partial charge in [-0.2, -0.15) is 0 Å². The smallest absolute Gasteiger partial charge is 0.277 e. The molecule has 0 radical (unpaired) electrons. The van der Waals surface area contributed by atoms with Gasteiger partial charge in [0, 0.05) is 6.04 Å². The third-order valence-electron chi connectivity index (χ3n) is 4.65. The lowest BCUT2D eigenvalue weighted by atomic mass is 9.83. The molecule has 2 unspecified atom stereocenters. The van der Waals surface area contributed by atoms with Crippen molar-refractivity contribution in [1.29, 1.82) is 0 Å². The first-order chi connectivity index (χ1) is 8.56. The van der Waals surface area contributed by atoms with E-state index in [1.165, 1.54) is 4.90 Å². The minimum atomic E-state index is -0.898. The summed E-state index contributed by atoms with van der Waals surface area (Å²) < 4.78 is 0. The van der Waals surface area contributed by atoms with Crippen molar-refractivity contribution in [2.75, 3.05) is 0 Å². The lowest BCUT2D eigenvalue weighted by Gasteiger charge is -2.40. The molecule has 3 fully saturated rings. The van der Waals surface area contributed by atoms with E-state index in [0.717, 1.165) is 25.7 Å². The molecule has 1 saturated heterocycles. The highest BCUT2D eigenvalue weighted by molar-refractivity contribution is 6.21. The number of nitrogens with zero attached hydrogens (tertiary/aromatic N) is 1. The molecule has 5 heteroatoms. The van der Waals surface area contributed by atoms with Crippen molar-refractivity contribution in [2.24, 2.45) is 11.3 Å². The van der Waals surface area contributed by atoms with Crippen LogP contribution in [0.4, 0.5) is 4.79 Å². The van der Waals surface area contributed by atoms with Crippen LogP contribution in [0.15, 0.2) is 0 Å². The predicted octanol–water partition coefficient (Wildman–Crippen LogP) is 1.42. The van der Waals surface area contributed by atoms with Crippen molar-refractivity contribution < 1.29 is 14.4 Å². The summed E-state index contributed by atoms with van der Waals surface area (Å²) in [6.45, 7) is 2.08. The van der Waals surface area contributed by atoms with E-state index >= 15 is 0 Å². The monoisotopic (exact) mass is 250 g/mol. The van der Waals surface area contributed by atoms with E-state index in [-0.39, 0.29) is 11.9 Å². The van der Waals surface area contributed by atoms with Crippen LogP contribution in [-0.4, -0.2) is 28.8 Å². The minimum Gasteiger partial charge on any atom is -0.277 e. The fourth-order valence-electron chi connectivity index (χ4n) is 3.24. The van der Waals surface area contributed by atoms with E-state index < -0.39 is 17.4 Å². The Morgan fingerprint density at radius 2 is 1.83 bits per heavy atom. The number of urea groups is 1. The van der Waals surface area contributed by atoms with Crippen molar-refractivity contribution in [3.63, 3.8) is 0 Å². The lowest BCUT2D eigenvalue weighted by molar-refractivity contribution is -0.147. The minimum absolute atomic E-state index is 0.0307. The Kier molecular flexibility index (Phi) is 2.47. The third kappa shape index (κ3) is 1.49. The Balaban J connectivity index is 1.88. The summed E-state index contributed by atoms with van der Waals surface area (Å²) in [5.41, 5.74) is -0.898. The molecule has 1 heterocycles. The van der Waals surface area contributed by atoms with E-state index in [1.807, 2.05) is 0 Å². The summed E-state index contributed by atoms with van der Waals surface area (Å²) in [5.74, 6) is -0.315. The Hall–Kier alpha value is -1.39. The fourth-order valence-corrected chi connectivity index (χ4v) is 3.24. The zero-order chi connectivity index (χ0) is 12.9. The summed E-state index contributed by atoms with van der Waals surface area (Å²) in [6.07, 6.45) is 5.29. The number of rotatable bonds is 1. The van der Waals surface area contributed by atoms with Crippen LogP contribution in [0.1, 0.15) is 45.4 Å². The van der Waals surface area contributed by atoms with Crippen molar-refractivity contribution in [1.82, 2.24) is 10.2 Å². The number of hydrogen-bond donors (Lipinski definition) is 1. The summed E-state index contributed by atoms with van der Waals surface area (Å²) in [7, 11) is 0. The number of carbonyl (C=O) groups is 3. The predicted molar refractivity (Wildman–Crippen MR) is 63.5 cm³/mol. The van der Waals surface area contributed by atoms with Crippen LogP contribution in [0.2, 0.25) is 0 Å². The molecule has 0 aromatic rings. The van der Waals surface area contributed by atoms with Gasteiger partial charge in [-0.1, -0.05) is 19.8 Å². The second-order valence-electron chi connectivity index (χ2n) is 5.85. The maximum Gasteiger partial charge on any atom is 0.331 e. The Morgan fingerprint density at radius 3 is 2.44 bits per heavy atom. The van der Waals surface area contributed by atoms with Crippen molar-refractivity contribution >= 4 is 17.8 Å². The van der Waals surface area contributed by atoms with Gasteiger partial charge in [-0.25, -0.2) is 4.79 Å². The van der Waals surface area contributed by atoms with E-state index in [0.29, 0.717) is 18.8 Å². The second-order valence-corrected chi connectivity index (χ2v) is 5.85. The normalized spacial score (nSPS) is 34.7. The van der Waals surface area contributed by atoms with Crippen LogP contribution in [0, 0.1) is 11.3 Å². The van der Waals surface area contributed by atoms with Crippen LogP contribution in [0.3, 0.4) is 0 Å². The largest absolute Gasteiger partial charge is 0.331 e. The maximum absolute atomic E-state index is 12.4. The molecule has 3 rings (SSSR count). The molecule has 2 atom stereocenters. The number of hydrogen-bond acceptors (Lipinski definition) is 3. The topological polar surface area (TPSA) is 66.5 Å².